The molecule has 7 heteroatoms. The molecule has 0 saturated carbocycles. The van der Waals surface area contributed by atoms with E-state index in [1.54, 1.807) is 24.7 Å². The lowest BCUT2D eigenvalue weighted by atomic mass is 9.99. The number of carbonyl (C=O) groups excluding carboxylic acids is 1. The number of rotatable bonds is 4. The van der Waals surface area contributed by atoms with Gasteiger partial charge >= 0.3 is 0 Å². The van der Waals surface area contributed by atoms with Crippen LogP contribution in [0.5, 0.6) is 0 Å². The molecule has 0 radical (unpaired) electrons. The van der Waals surface area contributed by atoms with E-state index in [1.165, 1.54) is 0 Å². The second-order valence-corrected chi connectivity index (χ2v) is 6.14. The molecule has 2 aromatic heterocycles. The molecule has 0 spiro atoms. The number of hydrogen-bond donors (Lipinski definition) is 1. The lowest BCUT2D eigenvalue weighted by Gasteiger charge is -2.19. The second-order valence-electron chi connectivity index (χ2n) is 5.29. The summed E-state index contributed by atoms with van der Waals surface area (Å²) in [7, 11) is 1.90. The van der Waals surface area contributed by atoms with Crippen LogP contribution in [0.4, 0.5) is 0 Å². The van der Waals surface area contributed by atoms with E-state index in [9.17, 15) is 4.79 Å². The van der Waals surface area contributed by atoms with Gasteiger partial charge in [0.2, 0.25) is 0 Å². The maximum absolute atomic E-state index is 12.3. The maximum Gasteiger partial charge on any atom is 0.252 e. The van der Waals surface area contributed by atoms with Gasteiger partial charge in [0.25, 0.3) is 5.91 Å². The summed E-state index contributed by atoms with van der Waals surface area (Å²) in [6.45, 7) is 1.28. The van der Waals surface area contributed by atoms with E-state index in [0.29, 0.717) is 23.2 Å². The normalized spacial score (nSPS) is 21.0. The molecule has 1 saturated heterocycles. The first kappa shape index (κ1) is 15.2. The molecular weight excluding hydrogens is 348 g/mol. The predicted octanol–water partition coefficient (Wildman–Crippen LogP) is 2.09. The van der Waals surface area contributed by atoms with Crippen LogP contribution in [0.25, 0.3) is 0 Å². The van der Waals surface area contributed by atoms with Gasteiger partial charge in [-0.1, -0.05) is 0 Å². The summed E-state index contributed by atoms with van der Waals surface area (Å²) in [6.07, 6.45) is 5.89. The van der Waals surface area contributed by atoms with Gasteiger partial charge in [-0.05, 0) is 34.5 Å². The zero-order chi connectivity index (χ0) is 15.5. The van der Waals surface area contributed by atoms with Crippen LogP contribution in [0.2, 0.25) is 0 Å². The van der Waals surface area contributed by atoms with Gasteiger partial charge in [-0.3, -0.25) is 14.5 Å². The molecule has 116 valence electrons. The van der Waals surface area contributed by atoms with Gasteiger partial charge in [0.1, 0.15) is 6.10 Å². The van der Waals surface area contributed by atoms with Gasteiger partial charge in [-0.2, -0.15) is 5.10 Å². The third-order valence-corrected chi connectivity index (χ3v) is 4.54. The van der Waals surface area contributed by atoms with Crippen molar-refractivity contribution >= 4 is 21.8 Å². The highest BCUT2D eigenvalue weighted by Crippen LogP contribution is 2.33. The Labute approximate surface area is 137 Å². The molecular formula is C15H17BrN4O2. The van der Waals surface area contributed by atoms with Crippen LogP contribution in [0.15, 0.2) is 35.2 Å². The topological polar surface area (TPSA) is 69.0 Å². The van der Waals surface area contributed by atoms with Crippen molar-refractivity contribution in [2.24, 2.45) is 13.0 Å². The number of halogens is 1. The van der Waals surface area contributed by atoms with Crippen molar-refractivity contribution < 1.29 is 9.53 Å². The van der Waals surface area contributed by atoms with Crippen molar-refractivity contribution in [2.75, 3.05) is 13.2 Å². The summed E-state index contributed by atoms with van der Waals surface area (Å²) in [5.74, 6) is 0.143. The van der Waals surface area contributed by atoms with E-state index < -0.39 is 0 Å². The number of amides is 1. The lowest BCUT2D eigenvalue weighted by molar-refractivity contribution is 0.0801. The summed E-state index contributed by atoms with van der Waals surface area (Å²) in [5, 5.41) is 7.17. The van der Waals surface area contributed by atoms with E-state index in [-0.39, 0.29) is 17.9 Å². The Morgan fingerprint density at radius 2 is 2.36 bits per heavy atom. The molecule has 6 nitrogen and oxygen atoms in total. The molecule has 0 aliphatic carbocycles. The molecule has 1 amide bonds. The molecule has 3 heterocycles. The first-order chi connectivity index (χ1) is 10.7. The smallest absolute Gasteiger partial charge is 0.252 e. The standard InChI is InChI=1S/C15H17BrN4O2/c1-20-13(3-6-19-20)14-10(4-7-22-14)8-18-15(21)11-2-5-17-9-12(11)16/h2-3,5-6,9-10,14H,4,7-8H2,1H3,(H,18,21)/t10-,14+/m0/s1. The average molecular weight is 365 g/mol. The first-order valence-electron chi connectivity index (χ1n) is 7.14. The van der Waals surface area contributed by atoms with Crippen molar-refractivity contribution in [2.45, 2.75) is 12.5 Å². The average Bonchev–Trinajstić information content (AvgIpc) is 3.13. The minimum Gasteiger partial charge on any atom is -0.372 e. The van der Waals surface area contributed by atoms with Gasteiger partial charge < -0.3 is 10.1 Å². The van der Waals surface area contributed by atoms with Crippen molar-refractivity contribution in [1.82, 2.24) is 20.1 Å². The molecule has 0 aromatic carbocycles. The second kappa shape index (κ2) is 6.58. The zero-order valence-corrected chi connectivity index (χ0v) is 13.8. The third kappa shape index (κ3) is 3.05. The Kier molecular flexibility index (Phi) is 4.54. The lowest BCUT2D eigenvalue weighted by Crippen LogP contribution is -2.31. The van der Waals surface area contributed by atoms with Gasteiger partial charge in [0.15, 0.2) is 0 Å². The van der Waals surface area contributed by atoms with Crippen molar-refractivity contribution in [3.8, 4) is 0 Å². The van der Waals surface area contributed by atoms with Gasteiger partial charge in [0, 0.05) is 49.2 Å². The highest BCUT2D eigenvalue weighted by molar-refractivity contribution is 9.10. The van der Waals surface area contributed by atoms with E-state index in [4.69, 9.17) is 4.74 Å². The van der Waals surface area contributed by atoms with E-state index >= 15 is 0 Å². The monoisotopic (exact) mass is 364 g/mol. The van der Waals surface area contributed by atoms with Gasteiger partial charge in [-0.25, -0.2) is 0 Å². The van der Waals surface area contributed by atoms with Crippen LogP contribution in [0.3, 0.4) is 0 Å². The molecule has 2 atom stereocenters. The zero-order valence-electron chi connectivity index (χ0n) is 12.2. The predicted molar refractivity (Wildman–Crippen MR) is 84.3 cm³/mol. The molecule has 1 N–H and O–H groups in total. The summed E-state index contributed by atoms with van der Waals surface area (Å²) in [5.41, 5.74) is 1.63. The molecule has 1 fully saturated rings. The molecule has 3 rings (SSSR count). The number of nitrogens with one attached hydrogen (secondary N) is 1. The Morgan fingerprint density at radius 3 is 3.09 bits per heavy atom. The number of ether oxygens (including phenoxy) is 1. The maximum atomic E-state index is 12.3. The number of hydrogen-bond acceptors (Lipinski definition) is 4. The highest BCUT2D eigenvalue weighted by Gasteiger charge is 2.31. The van der Waals surface area contributed by atoms with Crippen LogP contribution in [0, 0.1) is 5.92 Å². The van der Waals surface area contributed by atoms with Crippen LogP contribution in [-0.2, 0) is 11.8 Å². The van der Waals surface area contributed by atoms with Gasteiger partial charge in [0.05, 0.1) is 11.3 Å². The Balaban J connectivity index is 1.65. The molecule has 0 bridgehead atoms. The fourth-order valence-electron chi connectivity index (χ4n) is 2.71. The Morgan fingerprint density at radius 1 is 1.50 bits per heavy atom. The van der Waals surface area contributed by atoms with E-state index in [2.05, 4.69) is 31.3 Å². The minimum absolute atomic E-state index is 0.0197. The van der Waals surface area contributed by atoms with E-state index in [1.807, 2.05) is 17.8 Å². The van der Waals surface area contributed by atoms with Crippen molar-refractivity contribution in [3.05, 3.63) is 46.5 Å². The first-order valence-corrected chi connectivity index (χ1v) is 7.93. The van der Waals surface area contributed by atoms with E-state index in [0.717, 1.165) is 12.1 Å². The number of pyridine rings is 1. The quantitative estimate of drug-likeness (QED) is 0.901. The molecule has 1 aliphatic heterocycles. The van der Waals surface area contributed by atoms with Crippen LogP contribution >= 0.6 is 15.9 Å². The minimum atomic E-state index is -0.107. The largest absolute Gasteiger partial charge is 0.372 e. The number of nitrogens with zero attached hydrogens (tertiary/aromatic N) is 3. The van der Waals surface area contributed by atoms with Crippen molar-refractivity contribution in [3.63, 3.8) is 0 Å². The SMILES string of the molecule is Cn1nccc1[C@@H]1OCC[C@H]1CNC(=O)c1ccncc1Br. The Hall–Kier alpha value is -1.73. The van der Waals surface area contributed by atoms with Crippen LogP contribution < -0.4 is 5.32 Å². The number of aromatic nitrogens is 3. The third-order valence-electron chi connectivity index (χ3n) is 3.91. The highest BCUT2D eigenvalue weighted by atomic mass is 79.9. The summed E-state index contributed by atoms with van der Waals surface area (Å²) in [4.78, 5) is 16.2. The number of aryl methyl sites for hydroxylation is 1. The molecule has 1 aliphatic rings. The van der Waals surface area contributed by atoms with Crippen LogP contribution in [-0.4, -0.2) is 33.8 Å². The number of carbonyl (C=O) groups is 1. The Bertz CT molecular complexity index is 673. The molecule has 2 aromatic rings. The van der Waals surface area contributed by atoms with Crippen molar-refractivity contribution in [1.29, 1.82) is 0 Å². The molecule has 22 heavy (non-hydrogen) atoms. The fraction of sp³-hybridized carbons (Fsp3) is 0.400. The molecule has 0 unspecified atom stereocenters. The summed E-state index contributed by atoms with van der Waals surface area (Å²) >= 11 is 3.34. The summed E-state index contributed by atoms with van der Waals surface area (Å²) < 4.78 is 8.34. The van der Waals surface area contributed by atoms with Gasteiger partial charge in [-0.15, -0.1) is 0 Å². The van der Waals surface area contributed by atoms with Crippen LogP contribution in [0.1, 0.15) is 28.6 Å². The summed E-state index contributed by atoms with van der Waals surface area (Å²) in [6, 6.07) is 3.66. The fourth-order valence-corrected chi connectivity index (χ4v) is 3.14.